The van der Waals surface area contributed by atoms with E-state index in [1.807, 2.05) is 19.1 Å². The van der Waals surface area contributed by atoms with Gasteiger partial charge >= 0.3 is 0 Å². The first-order valence-corrected chi connectivity index (χ1v) is 8.33. The third kappa shape index (κ3) is 5.65. The molecular weight excluding hydrogens is 246 g/mol. The highest BCUT2D eigenvalue weighted by Crippen LogP contribution is 2.06. The average molecular weight is 269 g/mol. The van der Waals surface area contributed by atoms with Gasteiger partial charge in [-0.2, -0.15) is 0 Å². The van der Waals surface area contributed by atoms with Crippen molar-refractivity contribution in [2.45, 2.75) is 26.7 Å². The molecule has 0 aromatic heterocycles. The summed E-state index contributed by atoms with van der Waals surface area (Å²) in [6.45, 7) is 5.37. The summed E-state index contributed by atoms with van der Waals surface area (Å²) in [7, 11) is -2.85. The van der Waals surface area contributed by atoms with Crippen molar-refractivity contribution in [3.8, 4) is 0 Å². The van der Waals surface area contributed by atoms with Crippen LogP contribution in [0.3, 0.4) is 0 Å². The molecule has 1 rings (SSSR count). The fourth-order valence-electron chi connectivity index (χ4n) is 1.88. The molecule has 0 fully saturated rings. The number of hydrogen-bond acceptors (Lipinski definition) is 3. The summed E-state index contributed by atoms with van der Waals surface area (Å²) in [5.41, 5.74) is 2.61. The van der Waals surface area contributed by atoms with Crippen LogP contribution in [0.15, 0.2) is 24.3 Å². The normalized spacial score (nSPS) is 11.7. The smallest absolute Gasteiger partial charge is 0.151 e. The minimum absolute atomic E-state index is 0.245. The monoisotopic (exact) mass is 269 g/mol. The molecule has 0 amide bonds. The van der Waals surface area contributed by atoms with Gasteiger partial charge in [-0.05, 0) is 37.4 Å². The van der Waals surface area contributed by atoms with Gasteiger partial charge in [-0.1, -0.05) is 31.2 Å². The fraction of sp³-hybridized carbons (Fsp3) is 0.571. The van der Waals surface area contributed by atoms with Gasteiger partial charge in [0.1, 0.15) is 0 Å². The maximum Gasteiger partial charge on any atom is 0.151 e. The van der Waals surface area contributed by atoms with Crippen molar-refractivity contribution in [2.24, 2.45) is 0 Å². The van der Waals surface area contributed by atoms with E-state index in [4.69, 9.17) is 0 Å². The van der Waals surface area contributed by atoms with E-state index in [9.17, 15) is 8.42 Å². The molecule has 3 nitrogen and oxygen atoms in total. The molecule has 1 aromatic carbocycles. The molecule has 18 heavy (non-hydrogen) atoms. The lowest BCUT2D eigenvalue weighted by Crippen LogP contribution is -2.26. The highest BCUT2D eigenvalue weighted by molar-refractivity contribution is 7.91. The Balaban J connectivity index is 2.22. The molecule has 0 aliphatic carbocycles. The number of aryl methyl sites for hydroxylation is 1. The van der Waals surface area contributed by atoms with E-state index in [0.717, 1.165) is 13.0 Å². The molecule has 0 radical (unpaired) electrons. The highest BCUT2D eigenvalue weighted by Gasteiger charge is 2.07. The van der Waals surface area contributed by atoms with E-state index in [2.05, 4.69) is 24.4 Å². The van der Waals surface area contributed by atoms with E-state index in [0.29, 0.717) is 18.7 Å². The molecule has 0 aliphatic rings. The predicted octanol–water partition coefficient (Wildman–Crippen LogP) is 1.95. The molecular formula is C14H23NO2S. The summed E-state index contributed by atoms with van der Waals surface area (Å²) in [5, 5.41) is 3.20. The van der Waals surface area contributed by atoms with Crippen molar-refractivity contribution in [1.82, 2.24) is 5.32 Å². The summed E-state index contributed by atoms with van der Waals surface area (Å²) in [4.78, 5) is 0. The van der Waals surface area contributed by atoms with Crippen molar-refractivity contribution in [1.29, 1.82) is 0 Å². The molecule has 1 N–H and O–H groups in total. The summed E-state index contributed by atoms with van der Waals surface area (Å²) < 4.78 is 23.0. The van der Waals surface area contributed by atoms with Crippen LogP contribution in [0.2, 0.25) is 0 Å². The first kappa shape index (κ1) is 15.2. The minimum atomic E-state index is -2.85. The minimum Gasteiger partial charge on any atom is -0.315 e. The van der Waals surface area contributed by atoms with E-state index < -0.39 is 9.84 Å². The Labute approximate surface area is 111 Å². The SMILES string of the molecule is CCCS(=O)(=O)CCNCCc1ccccc1C. The third-order valence-electron chi connectivity index (χ3n) is 2.94. The zero-order chi connectivity index (χ0) is 13.4. The van der Waals surface area contributed by atoms with Crippen LogP contribution in [-0.2, 0) is 16.3 Å². The maximum absolute atomic E-state index is 11.5. The largest absolute Gasteiger partial charge is 0.315 e. The van der Waals surface area contributed by atoms with Crippen LogP contribution in [0.5, 0.6) is 0 Å². The standard InChI is InChI=1S/C14H23NO2S/c1-3-11-18(16,17)12-10-15-9-8-14-7-5-4-6-13(14)2/h4-7,15H,3,8-12H2,1-2H3. The quantitative estimate of drug-likeness (QED) is 0.734. The Morgan fingerprint density at radius 3 is 2.50 bits per heavy atom. The van der Waals surface area contributed by atoms with Gasteiger partial charge < -0.3 is 5.32 Å². The molecule has 0 atom stereocenters. The van der Waals surface area contributed by atoms with E-state index in [1.54, 1.807) is 0 Å². The topological polar surface area (TPSA) is 46.2 Å². The lowest BCUT2D eigenvalue weighted by molar-refractivity contribution is 0.589. The lowest BCUT2D eigenvalue weighted by Gasteiger charge is -2.07. The molecule has 1 aromatic rings. The zero-order valence-corrected chi connectivity index (χ0v) is 12.1. The summed E-state index contributed by atoms with van der Waals surface area (Å²) in [6, 6.07) is 8.28. The van der Waals surface area contributed by atoms with Crippen LogP contribution in [0.1, 0.15) is 24.5 Å². The van der Waals surface area contributed by atoms with Crippen molar-refractivity contribution in [2.75, 3.05) is 24.6 Å². The first-order valence-electron chi connectivity index (χ1n) is 6.51. The number of nitrogens with one attached hydrogen (secondary N) is 1. The zero-order valence-electron chi connectivity index (χ0n) is 11.3. The summed E-state index contributed by atoms with van der Waals surface area (Å²) in [5.74, 6) is 0.543. The van der Waals surface area contributed by atoms with Crippen LogP contribution < -0.4 is 5.32 Å². The summed E-state index contributed by atoms with van der Waals surface area (Å²) >= 11 is 0. The van der Waals surface area contributed by atoms with Crippen molar-refractivity contribution < 1.29 is 8.42 Å². The maximum atomic E-state index is 11.5. The van der Waals surface area contributed by atoms with Crippen LogP contribution >= 0.6 is 0 Å². The molecule has 0 unspecified atom stereocenters. The van der Waals surface area contributed by atoms with Gasteiger partial charge in [0.15, 0.2) is 9.84 Å². The van der Waals surface area contributed by atoms with Crippen LogP contribution in [-0.4, -0.2) is 33.0 Å². The second kappa shape index (κ2) is 7.54. The van der Waals surface area contributed by atoms with Crippen molar-refractivity contribution >= 4 is 9.84 Å². The Bertz CT molecular complexity index is 455. The van der Waals surface area contributed by atoms with Crippen molar-refractivity contribution in [3.63, 3.8) is 0 Å². The van der Waals surface area contributed by atoms with E-state index in [-0.39, 0.29) is 5.75 Å². The molecule has 102 valence electrons. The van der Waals surface area contributed by atoms with Gasteiger partial charge in [0, 0.05) is 12.3 Å². The molecule has 0 bridgehead atoms. The molecule has 4 heteroatoms. The van der Waals surface area contributed by atoms with Gasteiger partial charge in [0.25, 0.3) is 0 Å². The number of benzene rings is 1. The highest BCUT2D eigenvalue weighted by atomic mass is 32.2. The molecule has 0 aliphatic heterocycles. The molecule has 0 heterocycles. The molecule has 0 saturated heterocycles. The Morgan fingerprint density at radius 2 is 1.83 bits per heavy atom. The van der Waals surface area contributed by atoms with Gasteiger partial charge in [-0.15, -0.1) is 0 Å². The average Bonchev–Trinajstić information content (AvgIpc) is 2.31. The Morgan fingerprint density at radius 1 is 1.11 bits per heavy atom. The second-order valence-corrected chi connectivity index (χ2v) is 6.88. The number of sulfone groups is 1. The second-order valence-electron chi connectivity index (χ2n) is 4.58. The van der Waals surface area contributed by atoms with Gasteiger partial charge in [0.2, 0.25) is 0 Å². The van der Waals surface area contributed by atoms with Crippen LogP contribution in [0, 0.1) is 6.92 Å². The Hall–Kier alpha value is -0.870. The van der Waals surface area contributed by atoms with Crippen LogP contribution in [0.25, 0.3) is 0 Å². The molecule has 0 spiro atoms. The van der Waals surface area contributed by atoms with E-state index >= 15 is 0 Å². The fourth-order valence-corrected chi connectivity index (χ4v) is 3.16. The van der Waals surface area contributed by atoms with Gasteiger partial charge in [-0.25, -0.2) is 8.42 Å². The van der Waals surface area contributed by atoms with Crippen LogP contribution in [0.4, 0.5) is 0 Å². The van der Waals surface area contributed by atoms with Gasteiger partial charge in [-0.3, -0.25) is 0 Å². The van der Waals surface area contributed by atoms with Crippen molar-refractivity contribution in [3.05, 3.63) is 35.4 Å². The number of hydrogen-bond donors (Lipinski definition) is 1. The Kier molecular flexibility index (Phi) is 6.36. The summed E-state index contributed by atoms with van der Waals surface area (Å²) in [6.07, 6.45) is 1.64. The predicted molar refractivity (Wildman–Crippen MR) is 76.7 cm³/mol. The molecule has 0 saturated carbocycles. The van der Waals surface area contributed by atoms with E-state index in [1.165, 1.54) is 11.1 Å². The first-order chi connectivity index (χ1) is 8.55. The third-order valence-corrected chi connectivity index (χ3v) is 4.79. The van der Waals surface area contributed by atoms with Gasteiger partial charge in [0.05, 0.1) is 5.75 Å². The number of rotatable bonds is 8. The lowest BCUT2D eigenvalue weighted by atomic mass is 10.1.